The number of aliphatic carboxylic acids is 1. The first-order valence-electron chi connectivity index (χ1n) is 4.75. The number of carboxylic acids is 1. The minimum absolute atomic E-state index is 0.234. The topological polar surface area (TPSA) is 94.9 Å². The monoisotopic (exact) mass is 237 g/mol. The van der Waals surface area contributed by atoms with Crippen molar-refractivity contribution in [2.45, 2.75) is 13.0 Å². The van der Waals surface area contributed by atoms with E-state index >= 15 is 0 Å². The van der Waals surface area contributed by atoms with Crippen molar-refractivity contribution in [2.24, 2.45) is 0 Å². The van der Waals surface area contributed by atoms with Crippen LogP contribution in [0.2, 0.25) is 0 Å². The number of rotatable bonds is 3. The lowest BCUT2D eigenvalue weighted by Gasteiger charge is -2.23. The first-order chi connectivity index (χ1) is 7.95. The first-order valence-corrected chi connectivity index (χ1v) is 4.75. The molecular formula is C11H11NO5. The van der Waals surface area contributed by atoms with Crippen molar-refractivity contribution in [3.63, 3.8) is 0 Å². The zero-order valence-electron chi connectivity index (χ0n) is 9.03. The minimum atomic E-state index is -1.59. The van der Waals surface area contributed by atoms with Gasteiger partial charge in [-0.3, -0.25) is 4.79 Å². The Labute approximate surface area is 97.1 Å². The standard InChI is InChI=1S/C11H11NO5/c1-7(13)12(11(16)17)9(10(14)15)8-5-3-2-4-6-8/h2-6,9H,1H3,(H,14,15)(H,16,17). The van der Waals surface area contributed by atoms with Gasteiger partial charge in [0.2, 0.25) is 5.91 Å². The first kappa shape index (κ1) is 12.7. The molecule has 1 atom stereocenters. The van der Waals surface area contributed by atoms with Gasteiger partial charge < -0.3 is 10.2 Å². The Balaban J connectivity index is 3.22. The molecule has 0 aromatic heterocycles. The van der Waals surface area contributed by atoms with Gasteiger partial charge in [0.25, 0.3) is 0 Å². The summed E-state index contributed by atoms with van der Waals surface area (Å²) >= 11 is 0. The lowest BCUT2D eigenvalue weighted by Crippen LogP contribution is -2.41. The fourth-order valence-corrected chi connectivity index (χ4v) is 1.46. The smallest absolute Gasteiger partial charge is 0.415 e. The molecule has 0 radical (unpaired) electrons. The molecule has 6 heteroatoms. The van der Waals surface area contributed by atoms with Crippen LogP contribution in [0.4, 0.5) is 4.79 Å². The van der Waals surface area contributed by atoms with Crippen LogP contribution in [0.25, 0.3) is 0 Å². The second-order valence-corrected chi connectivity index (χ2v) is 3.32. The maximum absolute atomic E-state index is 11.2. The van der Waals surface area contributed by atoms with Crippen molar-refractivity contribution in [2.75, 3.05) is 0 Å². The molecule has 0 fully saturated rings. The Bertz CT molecular complexity index is 428. The van der Waals surface area contributed by atoms with E-state index in [9.17, 15) is 14.4 Å². The van der Waals surface area contributed by atoms with E-state index in [0.717, 1.165) is 6.92 Å². The van der Waals surface area contributed by atoms with Gasteiger partial charge in [0, 0.05) is 6.92 Å². The fraction of sp³-hybridized carbons (Fsp3) is 0.182. The third-order valence-corrected chi connectivity index (χ3v) is 2.15. The number of hydrogen-bond donors (Lipinski definition) is 2. The van der Waals surface area contributed by atoms with Crippen LogP contribution in [-0.4, -0.2) is 33.1 Å². The summed E-state index contributed by atoms with van der Waals surface area (Å²) in [5.41, 5.74) is 0.234. The molecule has 1 aromatic carbocycles. The van der Waals surface area contributed by atoms with Crippen molar-refractivity contribution in [3.05, 3.63) is 35.9 Å². The number of amides is 2. The number of benzene rings is 1. The van der Waals surface area contributed by atoms with Crippen LogP contribution in [0.3, 0.4) is 0 Å². The fourth-order valence-electron chi connectivity index (χ4n) is 1.46. The van der Waals surface area contributed by atoms with Crippen LogP contribution in [-0.2, 0) is 9.59 Å². The second kappa shape index (κ2) is 5.11. The molecule has 0 aliphatic rings. The molecule has 0 saturated carbocycles. The lowest BCUT2D eigenvalue weighted by molar-refractivity contribution is -0.148. The Morgan fingerprint density at radius 2 is 1.65 bits per heavy atom. The van der Waals surface area contributed by atoms with Gasteiger partial charge in [-0.05, 0) is 5.56 Å². The average molecular weight is 237 g/mol. The second-order valence-electron chi connectivity index (χ2n) is 3.32. The van der Waals surface area contributed by atoms with E-state index in [4.69, 9.17) is 10.2 Å². The highest BCUT2D eigenvalue weighted by Crippen LogP contribution is 2.21. The normalized spacial score (nSPS) is 11.6. The number of carbonyl (C=O) groups is 3. The summed E-state index contributed by atoms with van der Waals surface area (Å²) in [5, 5.41) is 17.9. The van der Waals surface area contributed by atoms with Crippen LogP contribution in [0.15, 0.2) is 30.3 Å². The van der Waals surface area contributed by atoms with Gasteiger partial charge in [-0.2, -0.15) is 0 Å². The van der Waals surface area contributed by atoms with Crippen molar-refractivity contribution in [1.82, 2.24) is 4.90 Å². The summed E-state index contributed by atoms with van der Waals surface area (Å²) in [4.78, 5) is 33.5. The Hall–Kier alpha value is -2.37. The van der Waals surface area contributed by atoms with Crippen molar-refractivity contribution in [3.8, 4) is 0 Å². The molecule has 90 valence electrons. The lowest BCUT2D eigenvalue weighted by atomic mass is 10.1. The van der Waals surface area contributed by atoms with Gasteiger partial charge in [0.15, 0.2) is 6.04 Å². The molecule has 0 aliphatic heterocycles. The Morgan fingerprint density at radius 3 is 2.00 bits per heavy atom. The summed E-state index contributed by atoms with van der Waals surface area (Å²) in [7, 11) is 0. The van der Waals surface area contributed by atoms with Crippen molar-refractivity contribution >= 4 is 18.0 Å². The number of nitrogens with zero attached hydrogens (tertiary/aromatic N) is 1. The molecule has 0 aliphatic carbocycles. The van der Waals surface area contributed by atoms with Crippen molar-refractivity contribution < 1.29 is 24.6 Å². The van der Waals surface area contributed by atoms with E-state index in [2.05, 4.69) is 0 Å². The molecule has 0 heterocycles. The van der Waals surface area contributed by atoms with E-state index in [1.165, 1.54) is 12.1 Å². The van der Waals surface area contributed by atoms with Crippen LogP contribution < -0.4 is 0 Å². The highest BCUT2D eigenvalue weighted by molar-refractivity contribution is 5.95. The summed E-state index contributed by atoms with van der Waals surface area (Å²) in [5.74, 6) is -2.23. The third kappa shape index (κ3) is 2.81. The van der Waals surface area contributed by atoms with Gasteiger partial charge in [-0.15, -0.1) is 0 Å². The van der Waals surface area contributed by atoms with Crippen LogP contribution >= 0.6 is 0 Å². The molecular weight excluding hydrogens is 226 g/mol. The van der Waals surface area contributed by atoms with Gasteiger partial charge in [0.05, 0.1) is 0 Å². The van der Waals surface area contributed by atoms with Gasteiger partial charge >= 0.3 is 12.1 Å². The maximum atomic E-state index is 11.2. The van der Waals surface area contributed by atoms with E-state index < -0.39 is 24.0 Å². The van der Waals surface area contributed by atoms with Crippen molar-refractivity contribution in [1.29, 1.82) is 0 Å². The summed E-state index contributed by atoms with van der Waals surface area (Å²) in [6.07, 6.45) is -1.59. The molecule has 1 rings (SSSR count). The van der Waals surface area contributed by atoms with E-state index in [-0.39, 0.29) is 10.5 Å². The highest BCUT2D eigenvalue weighted by atomic mass is 16.4. The molecule has 2 amide bonds. The number of imide groups is 1. The van der Waals surface area contributed by atoms with Crippen LogP contribution in [0, 0.1) is 0 Å². The average Bonchev–Trinajstić information content (AvgIpc) is 2.25. The van der Waals surface area contributed by atoms with Gasteiger partial charge in [-0.1, -0.05) is 30.3 Å². The predicted molar refractivity (Wildman–Crippen MR) is 57.4 cm³/mol. The summed E-state index contributed by atoms with van der Waals surface area (Å²) < 4.78 is 0. The third-order valence-electron chi connectivity index (χ3n) is 2.15. The molecule has 1 aromatic rings. The SMILES string of the molecule is CC(=O)N(C(=O)O)C(C(=O)O)c1ccccc1. The van der Waals surface area contributed by atoms with E-state index in [1.54, 1.807) is 18.2 Å². The molecule has 2 N–H and O–H groups in total. The molecule has 1 unspecified atom stereocenters. The summed E-state index contributed by atoms with van der Waals surface area (Å²) in [6.45, 7) is 1.01. The minimum Gasteiger partial charge on any atom is -0.479 e. The number of hydrogen-bond acceptors (Lipinski definition) is 3. The quantitative estimate of drug-likeness (QED) is 0.827. The molecule has 0 saturated heterocycles. The zero-order chi connectivity index (χ0) is 13.0. The Morgan fingerprint density at radius 1 is 1.12 bits per heavy atom. The number of carbonyl (C=O) groups excluding carboxylic acids is 1. The highest BCUT2D eigenvalue weighted by Gasteiger charge is 2.34. The van der Waals surface area contributed by atoms with E-state index in [0.29, 0.717) is 0 Å². The molecule has 17 heavy (non-hydrogen) atoms. The maximum Gasteiger partial charge on any atom is 0.415 e. The van der Waals surface area contributed by atoms with Crippen LogP contribution in [0.5, 0.6) is 0 Å². The predicted octanol–water partition coefficient (Wildman–Crippen LogP) is 1.34. The molecule has 0 bridgehead atoms. The Kier molecular flexibility index (Phi) is 3.82. The molecule has 0 spiro atoms. The van der Waals surface area contributed by atoms with Crippen LogP contribution in [0.1, 0.15) is 18.5 Å². The van der Waals surface area contributed by atoms with Gasteiger partial charge in [-0.25, -0.2) is 14.5 Å². The summed E-state index contributed by atoms with van der Waals surface area (Å²) in [6, 6.07) is 6.21. The number of carboxylic acid groups (broad SMARTS) is 2. The molecule has 6 nitrogen and oxygen atoms in total. The zero-order valence-corrected chi connectivity index (χ0v) is 9.03. The van der Waals surface area contributed by atoms with Gasteiger partial charge in [0.1, 0.15) is 0 Å². The largest absolute Gasteiger partial charge is 0.479 e. The van der Waals surface area contributed by atoms with E-state index in [1.807, 2.05) is 0 Å².